The Bertz CT molecular complexity index is 352. The summed E-state index contributed by atoms with van der Waals surface area (Å²) in [4.78, 5) is 12.0. The highest BCUT2D eigenvalue weighted by Gasteiger charge is 2.36. The van der Waals surface area contributed by atoms with Crippen LogP contribution in [-0.2, 0) is 15.0 Å². The Balaban J connectivity index is 4.79. The first-order chi connectivity index (χ1) is 6.93. The van der Waals surface area contributed by atoms with Gasteiger partial charge in [0.2, 0.25) is 5.91 Å². The second kappa shape index (κ2) is 4.97. The zero-order chi connectivity index (χ0) is 13.1. The van der Waals surface area contributed by atoms with Crippen LogP contribution < -0.4 is 5.14 Å². The molecular weight excluding hydrogens is 251 g/mol. The third kappa shape index (κ3) is 5.88. The molecule has 0 heterocycles. The van der Waals surface area contributed by atoms with E-state index in [1.54, 1.807) is 0 Å². The van der Waals surface area contributed by atoms with Crippen molar-refractivity contribution in [2.45, 2.75) is 6.18 Å². The average molecular weight is 263 g/mol. The highest BCUT2D eigenvalue weighted by molar-refractivity contribution is 7.86. The van der Waals surface area contributed by atoms with Crippen molar-refractivity contribution in [1.82, 2.24) is 9.21 Å². The maximum absolute atomic E-state index is 12.0. The zero-order valence-electron chi connectivity index (χ0n) is 8.65. The van der Waals surface area contributed by atoms with Crippen molar-refractivity contribution in [1.29, 1.82) is 0 Å². The van der Waals surface area contributed by atoms with Crippen LogP contribution in [0.25, 0.3) is 0 Å². The molecule has 0 aliphatic rings. The predicted octanol–water partition coefficient (Wildman–Crippen LogP) is -0.858. The van der Waals surface area contributed by atoms with E-state index in [2.05, 4.69) is 5.14 Å². The molecule has 2 N–H and O–H groups in total. The van der Waals surface area contributed by atoms with Gasteiger partial charge in [0.1, 0.15) is 6.54 Å². The van der Waals surface area contributed by atoms with E-state index in [4.69, 9.17) is 0 Å². The molecule has 0 unspecified atom stereocenters. The van der Waals surface area contributed by atoms with Crippen LogP contribution in [0.4, 0.5) is 13.2 Å². The highest BCUT2D eigenvalue weighted by atomic mass is 32.2. The van der Waals surface area contributed by atoms with Gasteiger partial charge in [-0.15, -0.1) is 0 Å². The van der Waals surface area contributed by atoms with E-state index >= 15 is 0 Å². The fourth-order valence-corrected chi connectivity index (χ4v) is 1.34. The minimum absolute atomic E-state index is 0.130. The maximum Gasteiger partial charge on any atom is 0.402 e. The van der Waals surface area contributed by atoms with Crippen LogP contribution in [0.5, 0.6) is 0 Å². The van der Waals surface area contributed by atoms with E-state index in [9.17, 15) is 26.4 Å². The van der Waals surface area contributed by atoms with Crippen molar-refractivity contribution in [2.24, 2.45) is 5.14 Å². The van der Waals surface area contributed by atoms with Gasteiger partial charge in [0, 0.05) is 14.1 Å². The van der Waals surface area contributed by atoms with Crippen molar-refractivity contribution in [3.05, 3.63) is 0 Å². The van der Waals surface area contributed by atoms with E-state index in [-0.39, 0.29) is 4.31 Å². The molecule has 16 heavy (non-hydrogen) atoms. The van der Waals surface area contributed by atoms with Gasteiger partial charge in [-0.3, -0.25) is 4.79 Å². The molecule has 6 nitrogen and oxygen atoms in total. The fraction of sp³-hybridized carbons (Fsp3) is 0.833. The SMILES string of the molecule is CN(C)C(=O)CN(CC(F)(F)F)S(N)(=O)=O. The largest absolute Gasteiger partial charge is 0.402 e. The molecule has 0 aromatic carbocycles. The smallest absolute Gasteiger partial charge is 0.348 e. The number of hydrogen-bond donors (Lipinski definition) is 1. The van der Waals surface area contributed by atoms with Crippen molar-refractivity contribution in [3.8, 4) is 0 Å². The van der Waals surface area contributed by atoms with E-state index in [0.717, 1.165) is 4.90 Å². The third-order valence-corrected chi connectivity index (χ3v) is 2.50. The van der Waals surface area contributed by atoms with E-state index in [0.29, 0.717) is 0 Å². The predicted molar refractivity (Wildman–Crippen MR) is 49.4 cm³/mol. The molecule has 0 fully saturated rings. The zero-order valence-corrected chi connectivity index (χ0v) is 9.47. The molecule has 0 atom stereocenters. The average Bonchev–Trinajstić information content (AvgIpc) is 1.98. The molecule has 0 spiro atoms. The van der Waals surface area contributed by atoms with Gasteiger partial charge in [-0.05, 0) is 0 Å². The maximum atomic E-state index is 12.0. The third-order valence-electron chi connectivity index (χ3n) is 1.53. The second-order valence-electron chi connectivity index (χ2n) is 3.22. The lowest BCUT2D eigenvalue weighted by molar-refractivity contribution is -0.141. The van der Waals surface area contributed by atoms with Crippen molar-refractivity contribution < 1.29 is 26.4 Å². The number of carbonyl (C=O) groups is 1. The van der Waals surface area contributed by atoms with Gasteiger partial charge in [0.25, 0.3) is 10.2 Å². The van der Waals surface area contributed by atoms with Gasteiger partial charge in [-0.1, -0.05) is 0 Å². The molecule has 0 radical (unpaired) electrons. The summed E-state index contributed by atoms with van der Waals surface area (Å²) in [6.45, 7) is -2.73. The van der Waals surface area contributed by atoms with Crippen molar-refractivity contribution >= 4 is 16.1 Å². The summed E-state index contributed by atoms with van der Waals surface area (Å²) >= 11 is 0. The van der Waals surface area contributed by atoms with Crippen LogP contribution in [0, 0.1) is 0 Å². The lowest BCUT2D eigenvalue weighted by Gasteiger charge is -2.21. The molecule has 0 saturated carbocycles. The number of carbonyl (C=O) groups excluding carboxylic acids is 1. The van der Waals surface area contributed by atoms with E-state index in [1.165, 1.54) is 14.1 Å². The lowest BCUT2D eigenvalue weighted by Crippen LogP contribution is -2.47. The summed E-state index contributed by atoms with van der Waals surface area (Å²) in [5, 5.41) is 4.56. The Hall–Kier alpha value is -0.870. The molecular formula is C6H12F3N3O3S. The summed E-state index contributed by atoms with van der Waals surface area (Å²) in [5.74, 6) is -0.793. The number of nitrogens with two attached hydrogens (primary N) is 1. The first-order valence-electron chi connectivity index (χ1n) is 3.98. The van der Waals surface area contributed by atoms with Gasteiger partial charge >= 0.3 is 6.18 Å². The molecule has 0 aliphatic heterocycles. The van der Waals surface area contributed by atoms with Crippen LogP contribution in [0.15, 0.2) is 0 Å². The van der Waals surface area contributed by atoms with Gasteiger partial charge < -0.3 is 4.90 Å². The van der Waals surface area contributed by atoms with Crippen LogP contribution in [0.2, 0.25) is 0 Å². The van der Waals surface area contributed by atoms with E-state index < -0.39 is 35.4 Å². The van der Waals surface area contributed by atoms with Crippen LogP contribution in [0.3, 0.4) is 0 Å². The molecule has 0 aliphatic carbocycles. The molecule has 0 rings (SSSR count). The molecule has 0 aromatic rings. The minimum Gasteiger partial charge on any atom is -0.348 e. The summed E-state index contributed by atoms with van der Waals surface area (Å²) in [7, 11) is -1.98. The molecule has 1 amide bonds. The van der Waals surface area contributed by atoms with Crippen LogP contribution in [-0.4, -0.2) is 56.9 Å². The topological polar surface area (TPSA) is 83.7 Å². The number of halogens is 3. The quantitative estimate of drug-likeness (QED) is 0.716. The summed E-state index contributed by atoms with van der Waals surface area (Å²) in [6.07, 6.45) is -4.75. The highest BCUT2D eigenvalue weighted by Crippen LogP contribution is 2.17. The van der Waals surface area contributed by atoms with Gasteiger partial charge in [0.05, 0.1) is 6.54 Å². The molecule has 10 heteroatoms. The molecule has 0 bridgehead atoms. The van der Waals surface area contributed by atoms with Gasteiger partial charge in [-0.25, -0.2) is 5.14 Å². The summed E-state index contributed by atoms with van der Waals surface area (Å²) in [6, 6.07) is 0. The molecule has 96 valence electrons. The fourth-order valence-electron chi connectivity index (χ4n) is 0.728. The van der Waals surface area contributed by atoms with Gasteiger partial charge in [-0.2, -0.15) is 25.9 Å². The molecule has 0 aromatic heterocycles. The monoisotopic (exact) mass is 263 g/mol. The van der Waals surface area contributed by atoms with Crippen LogP contribution >= 0.6 is 0 Å². The van der Waals surface area contributed by atoms with Gasteiger partial charge in [0.15, 0.2) is 0 Å². The Kier molecular flexibility index (Phi) is 4.70. The number of amides is 1. The summed E-state index contributed by atoms with van der Waals surface area (Å²) in [5.41, 5.74) is 0. The van der Waals surface area contributed by atoms with E-state index in [1.807, 2.05) is 0 Å². The Morgan fingerprint density at radius 3 is 2.00 bits per heavy atom. The van der Waals surface area contributed by atoms with Crippen molar-refractivity contribution in [2.75, 3.05) is 27.2 Å². The Labute approximate surface area is 91.0 Å². The standard InChI is InChI=1S/C6H12F3N3O3S/c1-11(2)5(13)3-12(16(10,14)15)4-6(7,8)9/h3-4H2,1-2H3,(H2,10,14,15). The number of nitrogens with zero attached hydrogens (tertiary/aromatic N) is 2. The number of hydrogen-bond acceptors (Lipinski definition) is 3. The van der Waals surface area contributed by atoms with Crippen LogP contribution in [0.1, 0.15) is 0 Å². The molecule has 0 saturated heterocycles. The number of rotatable bonds is 4. The Morgan fingerprint density at radius 2 is 1.75 bits per heavy atom. The van der Waals surface area contributed by atoms with Crippen molar-refractivity contribution in [3.63, 3.8) is 0 Å². The summed E-state index contributed by atoms with van der Waals surface area (Å²) < 4.78 is 57.5. The Morgan fingerprint density at radius 1 is 1.31 bits per heavy atom. The lowest BCUT2D eigenvalue weighted by atomic mass is 10.5. The normalized spacial score (nSPS) is 12.9. The minimum atomic E-state index is -4.75. The number of likely N-dealkylation sites (N-methyl/N-ethyl adjacent to an activating group) is 1. The number of alkyl halides is 3. The first-order valence-corrected chi connectivity index (χ1v) is 5.48. The first kappa shape index (κ1) is 15.1. The second-order valence-corrected chi connectivity index (χ2v) is 4.76.